The number of benzene rings is 4. The van der Waals surface area contributed by atoms with Gasteiger partial charge in [-0.25, -0.2) is 4.98 Å². The Balaban J connectivity index is 0.972. The third-order valence-corrected chi connectivity index (χ3v) is 10.7. The van der Waals surface area contributed by atoms with Gasteiger partial charge in [0.05, 0.1) is 28.0 Å². The molecule has 0 radical (unpaired) electrons. The lowest BCUT2D eigenvalue weighted by atomic mass is 10.0. The number of hydrogen-bond acceptors (Lipinski definition) is 8. The number of aryl methyl sites for hydroxylation is 7. The zero-order valence-corrected chi connectivity index (χ0v) is 32.2. The summed E-state index contributed by atoms with van der Waals surface area (Å²) in [5.74, 6) is 2.95. The van der Waals surface area contributed by atoms with Gasteiger partial charge in [0.15, 0.2) is 0 Å². The van der Waals surface area contributed by atoms with Crippen LogP contribution < -0.4 is 15.4 Å². The summed E-state index contributed by atoms with van der Waals surface area (Å²) in [5.41, 5.74) is 15.4. The topological polar surface area (TPSA) is 131 Å². The van der Waals surface area contributed by atoms with E-state index in [2.05, 4.69) is 76.2 Å². The van der Waals surface area contributed by atoms with Crippen LogP contribution in [0, 0.1) is 55.4 Å². The molecule has 4 aromatic carbocycles. The molecule has 1 amide bonds. The molecule has 3 N–H and O–H groups in total. The minimum Gasteiger partial charge on any atom is -0.488 e. The van der Waals surface area contributed by atoms with Crippen LogP contribution in [-0.4, -0.2) is 26.2 Å². The van der Waals surface area contributed by atoms with Crippen LogP contribution in [0.5, 0.6) is 5.75 Å². The summed E-state index contributed by atoms with van der Waals surface area (Å²) >= 11 is 0. The first-order valence-corrected chi connectivity index (χ1v) is 18.3. The lowest BCUT2D eigenvalue weighted by molar-refractivity contribution is 0.102. The number of hydrogen-bond donors (Lipinski definition) is 3. The van der Waals surface area contributed by atoms with Crippen LogP contribution in [0.25, 0.3) is 22.4 Å². The number of ether oxygens (including phenoxy) is 1. The van der Waals surface area contributed by atoms with E-state index in [4.69, 9.17) is 18.8 Å². The van der Waals surface area contributed by atoms with Crippen molar-refractivity contribution >= 4 is 28.3 Å². The van der Waals surface area contributed by atoms with E-state index in [1.165, 1.54) is 11.1 Å². The highest BCUT2D eigenvalue weighted by Gasteiger charge is 2.20. The molecule has 0 saturated heterocycles. The van der Waals surface area contributed by atoms with Crippen LogP contribution in [0.2, 0.25) is 0 Å². The van der Waals surface area contributed by atoms with Gasteiger partial charge in [-0.2, -0.15) is 0 Å². The maximum absolute atomic E-state index is 13.2. The van der Waals surface area contributed by atoms with Crippen molar-refractivity contribution in [3.05, 3.63) is 140 Å². The van der Waals surface area contributed by atoms with Crippen LogP contribution in [0.1, 0.15) is 77.8 Å². The van der Waals surface area contributed by atoms with Crippen LogP contribution in [0.15, 0.2) is 75.8 Å². The Kier molecular flexibility index (Phi) is 10.1. The Bertz CT molecular complexity index is 2490. The number of aromatic nitrogens is 4. The van der Waals surface area contributed by atoms with E-state index in [1.807, 2.05) is 71.9 Å². The fourth-order valence-electron chi connectivity index (χ4n) is 6.71. The van der Waals surface area contributed by atoms with E-state index in [0.717, 1.165) is 90.1 Å². The van der Waals surface area contributed by atoms with E-state index < -0.39 is 0 Å². The monoisotopic (exact) mass is 722 g/mol. The highest BCUT2D eigenvalue weighted by molar-refractivity contribution is 6.06. The number of amides is 1. The van der Waals surface area contributed by atoms with E-state index in [-0.39, 0.29) is 12.5 Å². The van der Waals surface area contributed by atoms with Gasteiger partial charge in [0, 0.05) is 47.5 Å². The predicted octanol–water partition coefficient (Wildman–Crippen LogP) is 9.90. The molecule has 0 atom stereocenters. The first-order valence-electron chi connectivity index (χ1n) is 18.3. The number of nitrogens with zero attached hydrogens (tertiary/aromatic N) is 3. The molecule has 7 aromatic rings. The fraction of sp³-hybridized carbons (Fsp3) is 0.273. The molecular formula is C44H46N6O4. The van der Waals surface area contributed by atoms with Crippen LogP contribution >= 0.6 is 0 Å². The van der Waals surface area contributed by atoms with Crippen LogP contribution in [-0.2, 0) is 26.0 Å². The standard InChI is InChI=1S/C44H46N6O4/c1-24-10-9-11-37(26(24)3)47-44(51)34-17-19-39(29(6)28(34)5)52-23-36-31(8)50-54-41(36)21-20-40-35(30(7)49-53-40)22-45-33-15-13-32(14-16-33)43-46-38-18-12-25(2)27(4)42(38)48-43/h9-19,45H,20-23H2,1-8H3,(H,46,48)(H,47,51). The molecule has 0 unspecified atom stereocenters. The second-order valence-electron chi connectivity index (χ2n) is 14.1. The number of fused-ring (bicyclic) bond motifs is 1. The minimum absolute atomic E-state index is 0.146. The lowest BCUT2D eigenvalue weighted by Gasteiger charge is -2.16. The van der Waals surface area contributed by atoms with Crippen molar-refractivity contribution in [2.45, 2.75) is 81.4 Å². The number of rotatable bonds is 12. The number of nitrogens with one attached hydrogen (secondary N) is 3. The largest absolute Gasteiger partial charge is 0.488 e. The summed E-state index contributed by atoms with van der Waals surface area (Å²) in [7, 11) is 0. The second-order valence-corrected chi connectivity index (χ2v) is 14.1. The molecule has 10 nitrogen and oxygen atoms in total. The Morgan fingerprint density at radius 1 is 0.722 bits per heavy atom. The molecule has 0 bridgehead atoms. The molecule has 10 heteroatoms. The Hall–Kier alpha value is -6.16. The molecule has 3 aromatic heterocycles. The summed E-state index contributed by atoms with van der Waals surface area (Å²) in [6.45, 7) is 16.9. The quantitative estimate of drug-likeness (QED) is 0.114. The van der Waals surface area contributed by atoms with E-state index >= 15 is 0 Å². The van der Waals surface area contributed by atoms with Crippen LogP contribution in [0.4, 0.5) is 11.4 Å². The number of carbonyl (C=O) groups excluding carboxylic acids is 1. The summed E-state index contributed by atoms with van der Waals surface area (Å²) < 4.78 is 17.9. The van der Waals surface area contributed by atoms with E-state index in [0.29, 0.717) is 30.7 Å². The molecule has 0 aliphatic carbocycles. The third kappa shape index (κ3) is 7.24. The Morgan fingerprint density at radius 2 is 1.41 bits per heavy atom. The minimum atomic E-state index is -0.146. The Labute approximate surface area is 315 Å². The summed E-state index contributed by atoms with van der Waals surface area (Å²) in [4.78, 5) is 21.6. The molecular weight excluding hydrogens is 677 g/mol. The maximum Gasteiger partial charge on any atom is 0.255 e. The lowest BCUT2D eigenvalue weighted by Crippen LogP contribution is -2.15. The van der Waals surface area contributed by atoms with Crippen molar-refractivity contribution in [1.82, 2.24) is 20.3 Å². The highest BCUT2D eigenvalue weighted by atomic mass is 16.5. The van der Waals surface area contributed by atoms with Gasteiger partial charge in [-0.3, -0.25) is 4.79 Å². The van der Waals surface area contributed by atoms with Crippen molar-refractivity contribution in [2.75, 3.05) is 10.6 Å². The number of aromatic amines is 1. The summed E-state index contributed by atoms with van der Waals surface area (Å²) in [6, 6.07) is 22.0. The highest BCUT2D eigenvalue weighted by Crippen LogP contribution is 2.29. The average Bonchev–Trinajstić information content (AvgIpc) is 3.87. The van der Waals surface area contributed by atoms with Gasteiger partial charge >= 0.3 is 0 Å². The van der Waals surface area contributed by atoms with Gasteiger partial charge in [-0.05, 0) is 137 Å². The van der Waals surface area contributed by atoms with Gasteiger partial charge in [-0.15, -0.1) is 0 Å². The average molecular weight is 723 g/mol. The smallest absolute Gasteiger partial charge is 0.255 e. The van der Waals surface area contributed by atoms with Crippen LogP contribution in [0.3, 0.4) is 0 Å². The molecule has 7 rings (SSSR count). The zero-order chi connectivity index (χ0) is 38.1. The van der Waals surface area contributed by atoms with Gasteiger partial charge < -0.3 is 29.4 Å². The van der Waals surface area contributed by atoms with Gasteiger partial charge in [-0.1, -0.05) is 28.5 Å². The van der Waals surface area contributed by atoms with Gasteiger partial charge in [0.1, 0.15) is 29.7 Å². The number of H-pyrrole nitrogens is 1. The van der Waals surface area contributed by atoms with Crippen molar-refractivity contribution < 1.29 is 18.6 Å². The normalized spacial score (nSPS) is 11.3. The maximum atomic E-state index is 13.2. The fourth-order valence-corrected chi connectivity index (χ4v) is 6.71. The van der Waals surface area contributed by atoms with E-state index in [1.54, 1.807) is 0 Å². The van der Waals surface area contributed by atoms with Crippen molar-refractivity contribution in [2.24, 2.45) is 0 Å². The molecule has 0 aliphatic rings. The summed E-state index contributed by atoms with van der Waals surface area (Å²) in [6.07, 6.45) is 1.16. The number of anilines is 2. The van der Waals surface area contributed by atoms with Gasteiger partial charge in [0.25, 0.3) is 5.91 Å². The second kappa shape index (κ2) is 15.1. The molecule has 3 heterocycles. The van der Waals surface area contributed by atoms with Gasteiger partial charge in [0.2, 0.25) is 0 Å². The Morgan fingerprint density at radius 3 is 2.15 bits per heavy atom. The molecule has 54 heavy (non-hydrogen) atoms. The zero-order valence-electron chi connectivity index (χ0n) is 32.2. The van der Waals surface area contributed by atoms with E-state index in [9.17, 15) is 4.79 Å². The SMILES string of the molecule is Cc1cccc(NC(=O)c2ccc(OCc3c(C)noc3CCc3onc(C)c3CNc3ccc(-c4nc5c(C)c(C)ccc5[nH]4)cc3)c(C)c2C)c1C. The van der Waals surface area contributed by atoms with Crippen molar-refractivity contribution in [1.29, 1.82) is 0 Å². The molecule has 276 valence electrons. The van der Waals surface area contributed by atoms with Crippen molar-refractivity contribution in [3.8, 4) is 17.1 Å². The first kappa shape index (κ1) is 36.2. The summed E-state index contributed by atoms with van der Waals surface area (Å²) in [5, 5.41) is 15.1. The predicted molar refractivity (Wildman–Crippen MR) is 212 cm³/mol. The molecule has 0 fully saturated rings. The number of imidazole rings is 1. The molecule has 0 aliphatic heterocycles. The third-order valence-electron chi connectivity index (χ3n) is 10.7. The molecule has 0 spiro atoms. The van der Waals surface area contributed by atoms with Crippen molar-refractivity contribution in [3.63, 3.8) is 0 Å². The molecule has 0 saturated carbocycles. The number of carbonyl (C=O) groups is 1. The first-order chi connectivity index (χ1) is 26.0.